The molecule has 150 valence electrons. The van der Waals surface area contributed by atoms with Gasteiger partial charge < -0.3 is 14.8 Å². The molecule has 2 aromatic carbocycles. The molecule has 1 aliphatic rings. The zero-order chi connectivity index (χ0) is 20.4. The Labute approximate surface area is 174 Å². The molecule has 0 saturated heterocycles. The van der Waals surface area contributed by atoms with Crippen LogP contribution in [0.25, 0.3) is 0 Å². The number of hydrogen-bond donors (Lipinski definition) is 1. The summed E-state index contributed by atoms with van der Waals surface area (Å²) in [5.41, 5.74) is 2.80. The summed E-state index contributed by atoms with van der Waals surface area (Å²) in [7, 11) is 3.48. The second kappa shape index (κ2) is 8.17. The Morgan fingerprint density at radius 3 is 2.72 bits per heavy atom. The number of carbonyl (C=O) groups excluding carboxylic acids is 1. The van der Waals surface area contributed by atoms with E-state index in [1.165, 1.54) is 0 Å². The predicted molar refractivity (Wildman–Crippen MR) is 111 cm³/mol. The third-order valence-corrected chi connectivity index (χ3v) is 5.26. The van der Waals surface area contributed by atoms with Crippen molar-refractivity contribution in [3.63, 3.8) is 0 Å². The molecule has 0 spiro atoms. The number of nitrogens with one attached hydrogen (secondary N) is 1. The topological polar surface area (TPSA) is 65.4 Å². The summed E-state index contributed by atoms with van der Waals surface area (Å²) in [6, 6.07) is 13.0. The molecule has 1 fully saturated rings. The van der Waals surface area contributed by atoms with E-state index in [2.05, 4.69) is 10.4 Å². The van der Waals surface area contributed by atoms with E-state index >= 15 is 0 Å². The summed E-state index contributed by atoms with van der Waals surface area (Å²) in [5.74, 6) is 1.48. The van der Waals surface area contributed by atoms with Crippen molar-refractivity contribution in [1.29, 1.82) is 0 Å². The summed E-state index contributed by atoms with van der Waals surface area (Å²) in [4.78, 5) is 12.6. The van der Waals surface area contributed by atoms with Gasteiger partial charge in [0.2, 0.25) is 5.91 Å². The van der Waals surface area contributed by atoms with Crippen LogP contribution in [-0.4, -0.2) is 22.8 Å². The van der Waals surface area contributed by atoms with E-state index in [1.54, 1.807) is 42.3 Å². The van der Waals surface area contributed by atoms with Crippen LogP contribution in [0.4, 0.5) is 5.69 Å². The van der Waals surface area contributed by atoms with Crippen LogP contribution in [0.1, 0.15) is 23.5 Å². The lowest BCUT2D eigenvalue weighted by atomic mass is 10.1. The van der Waals surface area contributed by atoms with Crippen LogP contribution in [0.15, 0.2) is 54.9 Å². The lowest BCUT2D eigenvalue weighted by Crippen LogP contribution is -2.14. The van der Waals surface area contributed by atoms with Gasteiger partial charge in [-0.3, -0.25) is 9.48 Å². The first-order chi connectivity index (χ1) is 14.0. The third kappa shape index (κ3) is 4.54. The molecule has 2 unspecified atom stereocenters. The van der Waals surface area contributed by atoms with Crippen LogP contribution in [0.2, 0.25) is 5.02 Å². The van der Waals surface area contributed by atoms with Gasteiger partial charge in [0, 0.05) is 35.4 Å². The number of ether oxygens (including phenoxy) is 2. The van der Waals surface area contributed by atoms with E-state index in [4.69, 9.17) is 21.1 Å². The molecule has 1 heterocycles. The lowest BCUT2D eigenvalue weighted by molar-refractivity contribution is -0.117. The van der Waals surface area contributed by atoms with Crippen LogP contribution in [0, 0.1) is 5.92 Å². The highest BCUT2D eigenvalue weighted by Gasteiger charge is 2.44. The minimum atomic E-state index is -0.0507. The van der Waals surface area contributed by atoms with Crippen molar-refractivity contribution in [3.05, 3.63) is 71.0 Å². The first kappa shape index (κ1) is 19.3. The van der Waals surface area contributed by atoms with Crippen LogP contribution in [0.3, 0.4) is 0 Å². The quantitative estimate of drug-likeness (QED) is 0.625. The van der Waals surface area contributed by atoms with Crippen LogP contribution in [-0.2, 0) is 18.4 Å². The molecular weight excluding hydrogens is 390 g/mol. The van der Waals surface area contributed by atoms with Crippen molar-refractivity contribution >= 4 is 23.2 Å². The largest absolute Gasteiger partial charge is 0.493 e. The number of aromatic nitrogens is 2. The monoisotopic (exact) mass is 411 g/mol. The Hall–Kier alpha value is -2.99. The fraction of sp³-hybridized carbons (Fsp3) is 0.273. The van der Waals surface area contributed by atoms with Gasteiger partial charge >= 0.3 is 0 Å². The van der Waals surface area contributed by atoms with Gasteiger partial charge in [0.1, 0.15) is 6.61 Å². The van der Waals surface area contributed by atoms with Gasteiger partial charge in [-0.1, -0.05) is 17.7 Å². The minimum absolute atomic E-state index is 0.0194. The molecule has 4 rings (SSSR count). The summed E-state index contributed by atoms with van der Waals surface area (Å²) >= 11 is 5.89. The van der Waals surface area contributed by atoms with Crippen molar-refractivity contribution in [2.45, 2.75) is 18.9 Å². The maximum atomic E-state index is 12.6. The SMILES string of the molecule is COc1ccc(C2CC2C(=O)Nc2ccc(Cl)cc2)cc1OCc1cnn(C)c1. The van der Waals surface area contributed by atoms with E-state index in [0.717, 1.165) is 23.2 Å². The number of methoxy groups -OCH3 is 1. The molecule has 3 aromatic rings. The van der Waals surface area contributed by atoms with Gasteiger partial charge in [-0.25, -0.2) is 0 Å². The van der Waals surface area contributed by atoms with E-state index in [0.29, 0.717) is 23.1 Å². The first-order valence-corrected chi connectivity index (χ1v) is 9.76. The molecule has 1 aliphatic carbocycles. The fourth-order valence-corrected chi connectivity index (χ4v) is 3.49. The van der Waals surface area contributed by atoms with Crippen LogP contribution < -0.4 is 14.8 Å². The average Bonchev–Trinajstić information content (AvgIpc) is 3.42. The molecule has 29 heavy (non-hydrogen) atoms. The predicted octanol–water partition coefficient (Wildman–Crippen LogP) is 4.40. The van der Waals surface area contributed by atoms with Gasteiger partial charge in [0.25, 0.3) is 0 Å². The second-order valence-corrected chi connectivity index (χ2v) is 7.60. The maximum absolute atomic E-state index is 12.6. The highest BCUT2D eigenvalue weighted by Crippen LogP contribution is 2.49. The molecule has 1 amide bonds. The van der Waals surface area contributed by atoms with Gasteiger partial charge in [0.05, 0.1) is 13.3 Å². The molecule has 1 aromatic heterocycles. The van der Waals surface area contributed by atoms with E-state index < -0.39 is 0 Å². The van der Waals surface area contributed by atoms with Crippen molar-refractivity contribution in [1.82, 2.24) is 9.78 Å². The highest BCUT2D eigenvalue weighted by molar-refractivity contribution is 6.30. The molecule has 6 nitrogen and oxygen atoms in total. The van der Waals surface area contributed by atoms with E-state index in [9.17, 15) is 4.79 Å². The molecule has 0 bridgehead atoms. The number of carbonyl (C=O) groups is 1. The number of benzene rings is 2. The number of rotatable bonds is 7. The van der Waals surface area contributed by atoms with E-state index in [1.807, 2.05) is 31.4 Å². The first-order valence-electron chi connectivity index (χ1n) is 9.38. The number of amides is 1. The van der Waals surface area contributed by atoms with Crippen LogP contribution in [0.5, 0.6) is 11.5 Å². The molecule has 0 radical (unpaired) electrons. The third-order valence-electron chi connectivity index (χ3n) is 5.01. The summed E-state index contributed by atoms with van der Waals surface area (Å²) in [6.45, 7) is 0.402. The Balaban J connectivity index is 1.42. The Kier molecular flexibility index (Phi) is 5.45. The Bertz CT molecular complexity index is 1020. The zero-order valence-electron chi connectivity index (χ0n) is 16.3. The van der Waals surface area contributed by atoms with Crippen molar-refractivity contribution in [2.24, 2.45) is 13.0 Å². The number of hydrogen-bond acceptors (Lipinski definition) is 4. The smallest absolute Gasteiger partial charge is 0.228 e. The standard InChI is InChI=1S/C22H22ClN3O3/c1-26-12-14(11-24-26)13-29-21-9-15(3-8-20(21)28-2)18-10-19(18)22(27)25-17-6-4-16(23)5-7-17/h3-9,11-12,18-19H,10,13H2,1-2H3,(H,25,27). The van der Waals surface area contributed by atoms with E-state index in [-0.39, 0.29) is 17.7 Å². The molecular formula is C22H22ClN3O3. The normalized spacial score (nSPS) is 17.6. The molecule has 0 aliphatic heterocycles. The van der Waals surface area contributed by atoms with Gasteiger partial charge in [0.15, 0.2) is 11.5 Å². The van der Waals surface area contributed by atoms with Crippen molar-refractivity contribution < 1.29 is 14.3 Å². The number of nitrogens with zero attached hydrogens (tertiary/aromatic N) is 2. The average molecular weight is 412 g/mol. The lowest BCUT2D eigenvalue weighted by Gasteiger charge is -2.12. The summed E-state index contributed by atoms with van der Waals surface area (Å²) in [5, 5.41) is 7.75. The Morgan fingerprint density at radius 1 is 1.24 bits per heavy atom. The second-order valence-electron chi connectivity index (χ2n) is 7.17. The Morgan fingerprint density at radius 2 is 2.03 bits per heavy atom. The highest BCUT2D eigenvalue weighted by atomic mass is 35.5. The zero-order valence-corrected chi connectivity index (χ0v) is 17.0. The minimum Gasteiger partial charge on any atom is -0.493 e. The van der Waals surface area contributed by atoms with Gasteiger partial charge in [-0.15, -0.1) is 0 Å². The van der Waals surface area contributed by atoms with Gasteiger partial charge in [-0.2, -0.15) is 5.10 Å². The van der Waals surface area contributed by atoms with Crippen LogP contribution >= 0.6 is 11.6 Å². The van der Waals surface area contributed by atoms with Crippen molar-refractivity contribution in [2.75, 3.05) is 12.4 Å². The molecule has 2 atom stereocenters. The molecule has 1 saturated carbocycles. The fourth-order valence-electron chi connectivity index (χ4n) is 3.37. The number of halogens is 1. The molecule has 7 heteroatoms. The van der Waals surface area contributed by atoms with Crippen molar-refractivity contribution in [3.8, 4) is 11.5 Å². The summed E-state index contributed by atoms with van der Waals surface area (Å²) < 4.78 is 13.1. The maximum Gasteiger partial charge on any atom is 0.228 e. The van der Waals surface area contributed by atoms with Gasteiger partial charge in [-0.05, 0) is 54.3 Å². The number of aryl methyl sites for hydroxylation is 1. The molecule has 1 N–H and O–H groups in total. The summed E-state index contributed by atoms with van der Waals surface area (Å²) in [6.07, 6.45) is 4.50. The number of anilines is 1.